The van der Waals surface area contributed by atoms with Gasteiger partial charge in [0.05, 0.1) is 23.1 Å². The van der Waals surface area contributed by atoms with Crippen LogP contribution in [0.25, 0.3) is 0 Å². The van der Waals surface area contributed by atoms with Gasteiger partial charge in [0.1, 0.15) is 0 Å². The van der Waals surface area contributed by atoms with E-state index in [1.165, 1.54) is 4.68 Å². The third kappa shape index (κ3) is 2.54. The molecule has 1 heterocycles. The third-order valence-electron chi connectivity index (χ3n) is 2.58. The minimum Gasteiger partial charge on any atom is -0.368 e. The fourth-order valence-corrected chi connectivity index (χ4v) is 1.96. The van der Waals surface area contributed by atoms with Crippen molar-refractivity contribution in [3.63, 3.8) is 0 Å². The Bertz CT molecular complexity index is 614. The first-order valence-electron chi connectivity index (χ1n) is 5.60. The fourth-order valence-electron chi connectivity index (χ4n) is 1.80. The number of anilines is 1. The largest absolute Gasteiger partial charge is 0.368 e. The van der Waals surface area contributed by atoms with Crippen molar-refractivity contribution >= 4 is 23.8 Å². The Morgan fingerprint density at radius 1 is 1.33 bits per heavy atom. The molecule has 4 nitrogen and oxygen atoms in total. The van der Waals surface area contributed by atoms with Gasteiger partial charge in [0.2, 0.25) is 5.95 Å². The normalized spacial score (nSPS) is 11.3. The molecule has 0 saturated carbocycles. The first-order valence-corrected chi connectivity index (χ1v) is 5.97. The molecule has 2 aromatic rings. The molecule has 2 rings (SSSR count). The second-order valence-electron chi connectivity index (χ2n) is 4.31. The van der Waals surface area contributed by atoms with Gasteiger partial charge in [-0.1, -0.05) is 23.2 Å². The molecule has 0 bridgehead atoms. The first-order chi connectivity index (χ1) is 8.47. The number of halogens is 1. The summed E-state index contributed by atoms with van der Waals surface area (Å²) < 4.78 is 1.53. The van der Waals surface area contributed by atoms with E-state index in [0.717, 1.165) is 22.4 Å². The van der Waals surface area contributed by atoms with E-state index in [2.05, 4.69) is 10.1 Å². The second kappa shape index (κ2) is 4.82. The summed E-state index contributed by atoms with van der Waals surface area (Å²) in [5.74, 6) is 0.365. The lowest BCUT2D eigenvalue weighted by atomic mass is 10.1. The van der Waals surface area contributed by atoms with E-state index in [-0.39, 0.29) is 0 Å². The van der Waals surface area contributed by atoms with E-state index in [9.17, 15) is 0 Å². The number of nitrogens with two attached hydrogens (primary N) is 1. The molecule has 0 unspecified atom stereocenters. The van der Waals surface area contributed by atoms with Crippen LogP contribution >= 0.6 is 11.6 Å². The van der Waals surface area contributed by atoms with Gasteiger partial charge in [-0.05, 0) is 32.4 Å². The van der Waals surface area contributed by atoms with Crippen LogP contribution in [0.1, 0.15) is 22.4 Å². The number of hydrogen-bond acceptors (Lipinski definition) is 3. The molecule has 0 radical (unpaired) electrons. The Hall–Kier alpha value is -1.81. The van der Waals surface area contributed by atoms with Crippen LogP contribution in [0, 0.1) is 20.8 Å². The van der Waals surface area contributed by atoms with Gasteiger partial charge >= 0.3 is 0 Å². The predicted octanol–water partition coefficient (Wildman–Crippen LogP) is 2.93. The first kappa shape index (κ1) is 12.6. The average Bonchev–Trinajstić information content (AvgIpc) is 2.60. The molecule has 0 atom stereocenters. The molecule has 0 amide bonds. The maximum Gasteiger partial charge on any atom is 0.221 e. The third-order valence-corrected chi connectivity index (χ3v) is 3.10. The van der Waals surface area contributed by atoms with Gasteiger partial charge in [0, 0.05) is 5.56 Å². The number of aryl methyl sites for hydroxylation is 3. The van der Waals surface area contributed by atoms with E-state index in [1.807, 2.05) is 32.9 Å². The molecule has 0 fully saturated rings. The SMILES string of the molecule is Cc1cc(C)c(Cl)c(C=Nn2cc(C)nc2N)c1. The molecular weight excluding hydrogens is 248 g/mol. The van der Waals surface area contributed by atoms with Gasteiger partial charge in [0.25, 0.3) is 0 Å². The summed E-state index contributed by atoms with van der Waals surface area (Å²) in [6.45, 7) is 5.87. The summed E-state index contributed by atoms with van der Waals surface area (Å²) in [4.78, 5) is 4.07. The standard InChI is InChI=1S/C13H15ClN4/c1-8-4-9(2)12(14)11(5-8)6-16-18-7-10(3)17-13(18)15/h4-7H,1-3H3,(H2,15,17). The summed E-state index contributed by atoms with van der Waals surface area (Å²) >= 11 is 6.23. The van der Waals surface area contributed by atoms with Gasteiger partial charge in [-0.3, -0.25) is 0 Å². The highest BCUT2D eigenvalue weighted by molar-refractivity contribution is 6.33. The molecule has 2 N–H and O–H groups in total. The molecule has 5 heteroatoms. The van der Waals surface area contributed by atoms with Crippen LogP contribution in [-0.4, -0.2) is 15.9 Å². The van der Waals surface area contributed by atoms with Gasteiger partial charge in [-0.25, -0.2) is 9.66 Å². The Morgan fingerprint density at radius 2 is 2.06 bits per heavy atom. The Labute approximate surface area is 111 Å². The zero-order valence-electron chi connectivity index (χ0n) is 10.6. The van der Waals surface area contributed by atoms with Gasteiger partial charge in [-0.2, -0.15) is 5.10 Å². The predicted molar refractivity (Wildman–Crippen MR) is 75.3 cm³/mol. The molecule has 94 valence electrons. The van der Waals surface area contributed by atoms with E-state index >= 15 is 0 Å². The highest BCUT2D eigenvalue weighted by Crippen LogP contribution is 2.21. The number of benzene rings is 1. The average molecular weight is 263 g/mol. The zero-order valence-corrected chi connectivity index (χ0v) is 11.4. The maximum atomic E-state index is 6.23. The number of rotatable bonds is 2. The summed E-state index contributed by atoms with van der Waals surface area (Å²) in [6.07, 6.45) is 3.46. The van der Waals surface area contributed by atoms with E-state index < -0.39 is 0 Å². The number of imidazole rings is 1. The molecule has 0 spiro atoms. The van der Waals surface area contributed by atoms with Crippen molar-refractivity contribution in [1.29, 1.82) is 0 Å². The van der Waals surface area contributed by atoms with Crippen molar-refractivity contribution < 1.29 is 0 Å². The molecule has 0 aliphatic carbocycles. The molecule has 1 aromatic carbocycles. The molecule has 18 heavy (non-hydrogen) atoms. The summed E-state index contributed by atoms with van der Waals surface area (Å²) in [7, 11) is 0. The highest BCUT2D eigenvalue weighted by atomic mass is 35.5. The Morgan fingerprint density at radius 3 is 2.67 bits per heavy atom. The van der Waals surface area contributed by atoms with Crippen molar-refractivity contribution in [3.05, 3.63) is 45.7 Å². The molecule has 0 aliphatic heterocycles. The zero-order chi connectivity index (χ0) is 13.3. The quantitative estimate of drug-likeness (QED) is 0.846. The molecule has 1 aromatic heterocycles. The lowest BCUT2D eigenvalue weighted by Gasteiger charge is -2.04. The van der Waals surface area contributed by atoms with Crippen LogP contribution in [0.5, 0.6) is 0 Å². The highest BCUT2D eigenvalue weighted by Gasteiger charge is 2.03. The van der Waals surface area contributed by atoms with Crippen LogP contribution in [-0.2, 0) is 0 Å². The summed E-state index contributed by atoms with van der Waals surface area (Å²) in [5, 5.41) is 4.97. The smallest absolute Gasteiger partial charge is 0.221 e. The topological polar surface area (TPSA) is 56.2 Å². The van der Waals surface area contributed by atoms with E-state index in [0.29, 0.717) is 11.0 Å². The maximum absolute atomic E-state index is 6.23. The van der Waals surface area contributed by atoms with Crippen molar-refractivity contribution in [2.24, 2.45) is 5.10 Å². The van der Waals surface area contributed by atoms with E-state index in [4.69, 9.17) is 17.3 Å². The fraction of sp³-hybridized carbons (Fsp3) is 0.231. The van der Waals surface area contributed by atoms with Crippen LogP contribution < -0.4 is 5.73 Å². The van der Waals surface area contributed by atoms with Gasteiger partial charge < -0.3 is 5.73 Å². The number of nitrogen functional groups attached to an aromatic ring is 1. The van der Waals surface area contributed by atoms with Crippen LogP contribution in [0.2, 0.25) is 5.02 Å². The van der Waals surface area contributed by atoms with Crippen molar-refractivity contribution in [2.45, 2.75) is 20.8 Å². The summed E-state index contributed by atoms with van der Waals surface area (Å²) in [5.41, 5.74) is 9.59. The van der Waals surface area contributed by atoms with Crippen molar-refractivity contribution in [2.75, 3.05) is 5.73 Å². The lowest BCUT2D eigenvalue weighted by molar-refractivity contribution is 0.897. The molecule has 0 aliphatic rings. The molecular formula is C13H15ClN4. The minimum atomic E-state index is 0.365. The van der Waals surface area contributed by atoms with Gasteiger partial charge in [0.15, 0.2) is 0 Å². The second-order valence-corrected chi connectivity index (χ2v) is 4.69. The van der Waals surface area contributed by atoms with Gasteiger partial charge in [-0.15, -0.1) is 0 Å². The van der Waals surface area contributed by atoms with Crippen molar-refractivity contribution in [1.82, 2.24) is 9.66 Å². The number of hydrogen-bond donors (Lipinski definition) is 1. The van der Waals surface area contributed by atoms with Crippen LogP contribution in [0.15, 0.2) is 23.4 Å². The monoisotopic (exact) mass is 262 g/mol. The van der Waals surface area contributed by atoms with E-state index in [1.54, 1.807) is 12.4 Å². The Kier molecular flexibility index (Phi) is 3.39. The number of nitrogens with zero attached hydrogens (tertiary/aromatic N) is 3. The van der Waals surface area contributed by atoms with Crippen LogP contribution in [0.3, 0.4) is 0 Å². The minimum absolute atomic E-state index is 0.365. The van der Waals surface area contributed by atoms with Crippen LogP contribution in [0.4, 0.5) is 5.95 Å². The summed E-state index contributed by atoms with van der Waals surface area (Å²) in [6, 6.07) is 4.02. The van der Waals surface area contributed by atoms with Crippen molar-refractivity contribution in [3.8, 4) is 0 Å². The number of aromatic nitrogens is 2. The lowest BCUT2D eigenvalue weighted by Crippen LogP contribution is -1.97. The Balaban J connectivity index is 2.37. The molecule has 0 saturated heterocycles.